The van der Waals surface area contributed by atoms with Gasteiger partial charge in [0, 0.05) is 19.6 Å². The summed E-state index contributed by atoms with van der Waals surface area (Å²) in [5, 5.41) is 3.09. The van der Waals surface area contributed by atoms with Gasteiger partial charge >= 0.3 is 0 Å². The van der Waals surface area contributed by atoms with E-state index in [0.29, 0.717) is 19.1 Å². The van der Waals surface area contributed by atoms with Crippen LogP contribution in [0.4, 0.5) is 6.01 Å². The maximum atomic E-state index is 12.7. The predicted molar refractivity (Wildman–Crippen MR) is 107 cm³/mol. The van der Waals surface area contributed by atoms with Crippen LogP contribution in [0, 0.1) is 5.92 Å². The van der Waals surface area contributed by atoms with Crippen molar-refractivity contribution in [2.24, 2.45) is 5.92 Å². The van der Waals surface area contributed by atoms with E-state index in [9.17, 15) is 4.79 Å². The highest BCUT2D eigenvalue weighted by atomic mass is 16.4. The van der Waals surface area contributed by atoms with E-state index < -0.39 is 0 Å². The van der Waals surface area contributed by atoms with Crippen molar-refractivity contribution in [2.75, 3.05) is 18.0 Å². The van der Waals surface area contributed by atoms with Crippen LogP contribution >= 0.6 is 0 Å². The van der Waals surface area contributed by atoms with E-state index in [4.69, 9.17) is 4.42 Å². The van der Waals surface area contributed by atoms with Gasteiger partial charge < -0.3 is 14.6 Å². The summed E-state index contributed by atoms with van der Waals surface area (Å²) in [6.07, 6.45) is 2.89. The highest BCUT2D eigenvalue weighted by Crippen LogP contribution is 2.26. The summed E-state index contributed by atoms with van der Waals surface area (Å²) >= 11 is 0. The van der Waals surface area contributed by atoms with Crippen LogP contribution in [0.3, 0.4) is 0 Å². The predicted octanol–water partition coefficient (Wildman–Crippen LogP) is 3.92. The molecule has 140 valence electrons. The average Bonchev–Trinajstić information content (AvgIpc) is 3.17. The molecule has 1 aromatic heterocycles. The van der Waals surface area contributed by atoms with Crippen LogP contribution in [0.25, 0.3) is 11.1 Å². The van der Waals surface area contributed by atoms with Crippen LogP contribution in [0.2, 0.25) is 0 Å². The molecule has 0 bridgehead atoms. The molecule has 5 nitrogen and oxygen atoms in total. The molecule has 5 heteroatoms. The molecule has 1 aliphatic rings. The number of anilines is 1. The molecular weight excluding hydrogens is 338 g/mol. The number of para-hydroxylation sites is 2. The number of carbonyl (C=O) groups is 1. The molecule has 4 rings (SSSR count). The lowest BCUT2D eigenvalue weighted by molar-refractivity contribution is -0.125. The largest absolute Gasteiger partial charge is 0.423 e. The number of hydrogen-bond donors (Lipinski definition) is 1. The van der Waals surface area contributed by atoms with Crippen molar-refractivity contribution in [1.29, 1.82) is 0 Å². The molecule has 1 fully saturated rings. The molecule has 1 atom stereocenters. The molecule has 0 spiro atoms. The zero-order chi connectivity index (χ0) is 18.6. The number of rotatable bonds is 5. The van der Waals surface area contributed by atoms with E-state index in [1.165, 1.54) is 5.56 Å². The Hall–Kier alpha value is -2.82. The van der Waals surface area contributed by atoms with E-state index in [-0.39, 0.29) is 11.8 Å². The first kappa shape index (κ1) is 17.6. The summed E-state index contributed by atoms with van der Waals surface area (Å²) in [7, 11) is 0. The number of carbonyl (C=O) groups excluding carboxylic acids is 1. The lowest BCUT2D eigenvalue weighted by Crippen LogP contribution is -2.43. The van der Waals surface area contributed by atoms with E-state index in [1.54, 1.807) is 0 Å². The fourth-order valence-corrected chi connectivity index (χ4v) is 3.59. The smallest absolute Gasteiger partial charge is 0.298 e. The molecule has 1 N–H and O–H groups in total. The normalized spacial score (nSPS) is 17.2. The molecule has 0 aliphatic carbocycles. The van der Waals surface area contributed by atoms with E-state index >= 15 is 0 Å². The molecular formula is C22H25N3O2. The Morgan fingerprint density at radius 2 is 1.96 bits per heavy atom. The number of amides is 1. The van der Waals surface area contributed by atoms with Gasteiger partial charge in [-0.1, -0.05) is 43.3 Å². The molecule has 1 saturated heterocycles. The minimum atomic E-state index is -0.0383. The van der Waals surface area contributed by atoms with Crippen molar-refractivity contribution in [3.63, 3.8) is 0 Å². The van der Waals surface area contributed by atoms with Gasteiger partial charge in [-0.25, -0.2) is 0 Å². The quantitative estimate of drug-likeness (QED) is 0.746. The fraction of sp³-hybridized carbons (Fsp3) is 0.364. The van der Waals surface area contributed by atoms with E-state index in [0.717, 1.165) is 42.5 Å². The highest BCUT2D eigenvalue weighted by Gasteiger charge is 2.28. The Balaban J connectivity index is 1.37. The van der Waals surface area contributed by atoms with Crippen LogP contribution in [0.15, 0.2) is 52.9 Å². The molecule has 0 saturated carbocycles. The number of hydrogen-bond acceptors (Lipinski definition) is 4. The average molecular weight is 363 g/mol. The first-order valence-corrected chi connectivity index (χ1v) is 9.69. The number of oxazole rings is 1. The van der Waals surface area contributed by atoms with Gasteiger partial charge in [0.1, 0.15) is 5.52 Å². The molecule has 2 aromatic carbocycles. The Kier molecular flexibility index (Phi) is 5.10. The van der Waals surface area contributed by atoms with E-state index in [1.807, 2.05) is 24.3 Å². The Bertz CT molecular complexity index is 884. The number of aromatic nitrogens is 1. The Labute approximate surface area is 159 Å². The first-order valence-electron chi connectivity index (χ1n) is 9.69. The number of piperidine rings is 1. The molecule has 1 amide bonds. The Morgan fingerprint density at radius 1 is 1.19 bits per heavy atom. The summed E-state index contributed by atoms with van der Waals surface area (Å²) in [5.41, 5.74) is 4.09. The summed E-state index contributed by atoms with van der Waals surface area (Å²) in [6, 6.07) is 16.8. The van der Waals surface area contributed by atoms with Crippen molar-refractivity contribution in [3.05, 3.63) is 59.7 Å². The lowest BCUT2D eigenvalue weighted by Gasteiger charge is -2.30. The topological polar surface area (TPSA) is 58.4 Å². The Morgan fingerprint density at radius 3 is 2.74 bits per heavy atom. The van der Waals surface area contributed by atoms with Crippen LogP contribution in [-0.2, 0) is 17.8 Å². The second-order valence-electron chi connectivity index (χ2n) is 7.14. The van der Waals surface area contributed by atoms with Gasteiger partial charge in [0.2, 0.25) is 5.91 Å². The second-order valence-corrected chi connectivity index (χ2v) is 7.14. The SMILES string of the molecule is CCc1ccc(CNC(=O)[C@@H]2CCCN(c3nc4ccccc4o3)C2)cc1. The number of nitrogens with zero attached hydrogens (tertiary/aromatic N) is 2. The van der Waals surface area contributed by atoms with Crippen LogP contribution in [0.5, 0.6) is 0 Å². The fourth-order valence-electron chi connectivity index (χ4n) is 3.59. The number of nitrogens with one attached hydrogen (secondary N) is 1. The standard InChI is InChI=1S/C22H25N3O2/c1-2-16-9-11-17(12-10-16)14-23-21(26)18-6-5-13-25(15-18)22-24-19-7-3-4-8-20(19)27-22/h3-4,7-12,18H,2,5-6,13-15H2,1H3,(H,23,26)/t18-/m1/s1. The van der Waals surface area contributed by atoms with E-state index in [2.05, 4.69) is 46.4 Å². The summed E-state index contributed by atoms with van der Waals surface area (Å²) < 4.78 is 5.87. The van der Waals surface area contributed by atoms with Crippen molar-refractivity contribution in [3.8, 4) is 0 Å². The molecule has 3 aromatic rings. The van der Waals surface area contributed by atoms with Crippen LogP contribution < -0.4 is 10.2 Å². The number of aryl methyl sites for hydroxylation is 1. The zero-order valence-electron chi connectivity index (χ0n) is 15.6. The summed E-state index contributed by atoms with van der Waals surface area (Å²) in [4.78, 5) is 19.3. The minimum Gasteiger partial charge on any atom is -0.423 e. The molecule has 1 aliphatic heterocycles. The second kappa shape index (κ2) is 7.82. The van der Waals surface area contributed by atoms with Crippen molar-refractivity contribution in [2.45, 2.75) is 32.7 Å². The van der Waals surface area contributed by atoms with Crippen molar-refractivity contribution >= 4 is 23.0 Å². The third kappa shape index (κ3) is 3.97. The van der Waals surface area contributed by atoms with Crippen LogP contribution in [0.1, 0.15) is 30.9 Å². The maximum Gasteiger partial charge on any atom is 0.298 e. The van der Waals surface area contributed by atoms with Gasteiger partial charge in [0.25, 0.3) is 6.01 Å². The molecule has 27 heavy (non-hydrogen) atoms. The number of fused-ring (bicyclic) bond motifs is 1. The van der Waals surface area contributed by atoms with Gasteiger partial charge in [-0.15, -0.1) is 0 Å². The maximum absolute atomic E-state index is 12.7. The third-order valence-corrected chi connectivity index (χ3v) is 5.24. The molecule has 2 heterocycles. The number of benzene rings is 2. The van der Waals surface area contributed by atoms with Crippen molar-refractivity contribution < 1.29 is 9.21 Å². The molecule has 0 radical (unpaired) electrons. The minimum absolute atomic E-state index is 0.0383. The zero-order valence-corrected chi connectivity index (χ0v) is 15.6. The van der Waals surface area contributed by atoms with Gasteiger partial charge in [-0.2, -0.15) is 4.98 Å². The monoisotopic (exact) mass is 363 g/mol. The third-order valence-electron chi connectivity index (χ3n) is 5.24. The van der Waals surface area contributed by atoms with Gasteiger partial charge in [0.15, 0.2) is 5.58 Å². The van der Waals surface area contributed by atoms with Crippen LogP contribution in [-0.4, -0.2) is 24.0 Å². The van der Waals surface area contributed by atoms with Crippen molar-refractivity contribution in [1.82, 2.24) is 10.3 Å². The highest BCUT2D eigenvalue weighted by molar-refractivity contribution is 5.79. The van der Waals surface area contributed by atoms with Gasteiger partial charge in [-0.05, 0) is 42.5 Å². The summed E-state index contributed by atoms with van der Waals surface area (Å²) in [5.74, 6) is 0.0686. The van der Waals surface area contributed by atoms with Gasteiger partial charge in [0.05, 0.1) is 5.92 Å². The molecule has 0 unspecified atom stereocenters. The lowest BCUT2D eigenvalue weighted by atomic mass is 9.97. The summed E-state index contributed by atoms with van der Waals surface area (Å²) in [6.45, 7) is 4.23. The van der Waals surface area contributed by atoms with Gasteiger partial charge in [-0.3, -0.25) is 4.79 Å². The first-order chi connectivity index (χ1) is 13.2.